The van der Waals surface area contributed by atoms with Crippen molar-refractivity contribution in [1.29, 1.82) is 0 Å². The Hall–Kier alpha value is -0.780. The molecule has 0 heteroatoms. The van der Waals surface area contributed by atoms with Crippen molar-refractivity contribution < 1.29 is 0 Å². The van der Waals surface area contributed by atoms with Gasteiger partial charge in [-0.25, -0.2) is 0 Å². The van der Waals surface area contributed by atoms with Crippen LogP contribution in [0.1, 0.15) is 33.6 Å². The van der Waals surface area contributed by atoms with E-state index in [1.54, 1.807) is 0 Å². The monoisotopic (exact) mass is 150 g/mol. The van der Waals surface area contributed by atoms with Crippen molar-refractivity contribution in [3.05, 3.63) is 36.0 Å². The second-order valence-corrected chi connectivity index (χ2v) is 3.01. The van der Waals surface area contributed by atoms with E-state index < -0.39 is 0 Å². The standard InChI is InChI=1S/C11H18/c1-5-11(4)9-7-6-8-10(2)3/h5,8-9H,1,6-7H2,2-4H3/b11-9-. The molecule has 62 valence electrons. The van der Waals surface area contributed by atoms with Crippen LogP contribution in [0.5, 0.6) is 0 Å². The van der Waals surface area contributed by atoms with Gasteiger partial charge in [0, 0.05) is 0 Å². The van der Waals surface area contributed by atoms with Crippen molar-refractivity contribution in [2.24, 2.45) is 0 Å². The smallest absolute Gasteiger partial charge is 0.0310 e. The summed E-state index contributed by atoms with van der Waals surface area (Å²) in [6.45, 7) is 10.0. The Labute approximate surface area is 70.3 Å². The van der Waals surface area contributed by atoms with Crippen molar-refractivity contribution in [3.63, 3.8) is 0 Å². The fraction of sp³-hybridized carbons (Fsp3) is 0.455. The number of allylic oxidation sites excluding steroid dienone is 5. The molecule has 0 heterocycles. The maximum absolute atomic E-state index is 3.69. The summed E-state index contributed by atoms with van der Waals surface area (Å²) in [5.41, 5.74) is 2.67. The minimum Gasteiger partial charge on any atom is -0.0988 e. The molecule has 0 radical (unpaired) electrons. The van der Waals surface area contributed by atoms with Crippen molar-refractivity contribution in [2.45, 2.75) is 33.6 Å². The minimum atomic E-state index is 1.13. The Morgan fingerprint density at radius 1 is 1.09 bits per heavy atom. The molecule has 0 atom stereocenters. The van der Waals surface area contributed by atoms with E-state index in [1.807, 2.05) is 6.08 Å². The van der Waals surface area contributed by atoms with E-state index in [9.17, 15) is 0 Å². The summed E-state index contributed by atoms with van der Waals surface area (Å²) in [5, 5.41) is 0. The van der Waals surface area contributed by atoms with Gasteiger partial charge in [0.15, 0.2) is 0 Å². The molecule has 0 aliphatic carbocycles. The number of rotatable bonds is 4. The average Bonchev–Trinajstić information content (AvgIpc) is 1.97. The first kappa shape index (κ1) is 10.2. The molecule has 0 aromatic rings. The predicted octanol–water partition coefficient (Wildman–Crippen LogP) is 3.87. The second-order valence-electron chi connectivity index (χ2n) is 3.01. The molecule has 0 spiro atoms. The lowest BCUT2D eigenvalue weighted by Gasteiger charge is -1.91. The Bertz CT molecular complexity index is 166. The van der Waals surface area contributed by atoms with Crippen LogP contribution < -0.4 is 0 Å². The van der Waals surface area contributed by atoms with Gasteiger partial charge in [-0.3, -0.25) is 0 Å². The molecule has 0 nitrogen and oxygen atoms in total. The van der Waals surface area contributed by atoms with Gasteiger partial charge in [0.05, 0.1) is 0 Å². The third-order valence-corrected chi connectivity index (χ3v) is 1.51. The lowest BCUT2D eigenvalue weighted by Crippen LogP contribution is -1.70. The Kier molecular flexibility index (Phi) is 5.54. The van der Waals surface area contributed by atoms with Crippen molar-refractivity contribution in [2.75, 3.05) is 0 Å². The van der Waals surface area contributed by atoms with Crippen LogP contribution in [0.2, 0.25) is 0 Å². The third-order valence-electron chi connectivity index (χ3n) is 1.51. The fourth-order valence-corrected chi connectivity index (χ4v) is 0.766. The summed E-state index contributed by atoms with van der Waals surface area (Å²) in [6.07, 6.45) is 8.64. The zero-order valence-corrected chi connectivity index (χ0v) is 7.85. The van der Waals surface area contributed by atoms with Gasteiger partial charge in [-0.1, -0.05) is 36.0 Å². The summed E-state index contributed by atoms with van der Waals surface area (Å²) in [7, 11) is 0. The predicted molar refractivity (Wildman–Crippen MR) is 52.6 cm³/mol. The topological polar surface area (TPSA) is 0 Å². The van der Waals surface area contributed by atoms with Crippen LogP contribution in [0.15, 0.2) is 36.0 Å². The molecule has 0 unspecified atom stereocenters. The SMILES string of the molecule is C=C/C(C)=C\CCC=C(C)C. The lowest BCUT2D eigenvalue weighted by molar-refractivity contribution is 1.02. The molecule has 11 heavy (non-hydrogen) atoms. The molecule has 0 bridgehead atoms. The molecule has 0 aliphatic heterocycles. The largest absolute Gasteiger partial charge is 0.0988 e. The van der Waals surface area contributed by atoms with E-state index in [1.165, 1.54) is 11.1 Å². The Morgan fingerprint density at radius 3 is 2.09 bits per heavy atom. The molecule has 0 saturated heterocycles. The normalized spacial score (nSPS) is 11.0. The molecule has 0 rings (SSSR count). The number of unbranched alkanes of at least 4 members (excludes halogenated alkanes) is 1. The van der Waals surface area contributed by atoms with Gasteiger partial charge in [0.1, 0.15) is 0 Å². The van der Waals surface area contributed by atoms with Gasteiger partial charge >= 0.3 is 0 Å². The van der Waals surface area contributed by atoms with Crippen LogP contribution in [-0.4, -0.2) is 0 Å². The molecule has 0 saturated carbocycles. The summed E-state index contributed by atoms with van der Waals surface area (Å²) in [6, 6.07) is 0. The van der Waals surface area contributed by atoms with Crippen LogP contribution in [0.25, 0.3) is 0 Å². The molecule has 0 fully saturated rings. The minimum absolute atomic E-state index is 1.13. The van der Waals surface area contributed by atoms with Crippen molar-refractivity contribution >= 4 is 0 Å². The summed E-state index contributed by atoms with van der Waals surface area (Å²) < 4.78 is 0. The lowest BCUT2D eigenvalue weighted by atomic mass is 10.2. The zero-order valence-electron chi connectivity index (χ0n) is 7.85. The molecule has 0 aromatic carbocycles. The van der Waals surface area contributed by atoms with Crippen LogP contribution in [0.3, 0.4) is 0 Å². The first-order valence-corrected chi connectivity index (χ1v) is 4.09. The van der Waals surface area contributed by atoms with Gasteiger partial charge in [-0.15, -0.1) is 0 Å². The highest BCUT2D eigenvalue weighted by Gasteiger charge is 1.81. The third kappa shape index (κ3) is 7.11. The average molecular weight is 150 g/mol. The van der Waals surface area contributed by atoms with Crippen LogP contribution >= 0.6 is 0 Å². The molecule has 0 aliphatic rings. The molecule has 0 amide bonds. The highest BCUT2D eigenvalue weighted by Crippen LogP contribution is 2.01. The van der Waals surface area contributed by atoms with Gasteiger partial charge in [0.2, 0.25) is 0 Å². The highest BCUT2D eigenvalue weighted by atomic mass is 13.9. The van der Waals surface area contributed by atoms with Gasteiger partial charge in [-0.05, 0) is 33.6 Å². The van der Waals surface area contributed by atoms with E-state index in [4.69, 9.17) is 0 Å². The van der Waals surface area contributed by atoms with Crippen LogP contribution in [0.4, 0.5) is 0 Å². The second kappa shape index (κ2) is 5.96. The van der Waals surface area contributed by atoms with E-state index in [0.29, 0.717) is 0 Å². The maximum atomic E-state index is 3.69. The number of hydrogen-bond acceptors (Lipinski definition) is 0. The first-order chi connectivity index (χ1) is 5.16. The van der Waals surface area contributed by atoms with E-state index in [-0.39, 0.29) is 0 Å². The molecular formula is C11H18. The summed E-state index contributed by atoms with van der Waals surface area (Å²) in [4.78, 5) is 0. The van der Waals surface area contributed by atoms with E-state index in [0.717, 1.165) is 12.8 Å². The fourth-order valence-electron chi connectivity index (χ4n) is 0.766. The van der Waals surface area contributed by atoms with Crippen molar-refractivity contribution in [3.8, 4) is 0 Å². The number of hydrogen-bond donors (Lipinski definition) is 0. The highest BCUT2D eigenvalue weighted by molar-refractivity contribution is 5.12. The zero-order chi connectivity index (χ0) is 8.69. The summed E-state index contributed by atoms with van der Waals surface area (Å²) in [5.74, 6) is 0. The van der Waals surface area contributed by atoms with Crippen LogP contribution in [0, 0.1) is 0 Å². The van der Waals surface area contributed by atoms with Crippen LogP contribution in [-0.2, 0) is 0 Å². The van der Waals surface area contributed by atoms with E-state index >= 15 is 0 Å². The van der Waals surface area contributed by atoms with E-state index in [2.05, 4.69) is 39.5 Å². The van der Waals surface area contributed by atoms with Gasteiger partial charge in [-0.2, -0.15) is 0 Å². The Morgan fingerprint density at radius 2 is 1.64 bits per heavy atom. The maximum Gasteiger partial charge on any atom is -0.0310 e. The summed E-state index contributed by atoms with van der Waals surface area (Å²) >= 11 is 0. The molecule has 0 aromatic heterocycles. The molecule has 0 N–H and O–H groups in total. The molecular weight excluding hydrogens is 132 g/mol. The Balaban J connectivity index is 3.57. The van der Waals surface area contributed by atoms with Gasteiger partial charge in [0.25, 0.3) is 0 Å². The first-order valence-electron chi connectivity index (χ1n) is 4.09. The quantitative estimate of drug-likeness (QED) is 0.324. The van der Waals surface area contributed by atoms with Crippen molar-refractivity contribution in [1.82, 2.24) is 0 Å². The van der Waals surface area contributed by atoms with Gasteiger partial charge < -0.3 is 0 Å².